The maximum atomic E-state index is 14.3. The molecule has 3 heterocycles. The van der Waals surface area contributed by atoms with E-state index in [9.17, 15) is 9.59 Å². The molecular weight excluding hydrogens is 592 g/mol. The Bertz CT molecular complexity index is 1470. The summed E-state index contributed by atoms with van der Waals surface area (Å²) in [6.07, 6.45) is 9.09. The minimum atomic E-state index is -0.117. The zero-order valence-electron chi connectivity index (χ0n) is 27.8. The number of aromatic nitrogens is 1. The second kappa shape index (κ2) is 16.6. The third kappa shape index (κ3) is 8.76. The largest absolute Gasteiger partial charge is 0.377 e. The standard InChI is InChI=1S/C38H50N4O5/c1-28(29-12-4-2-5-13-29)39-38(44)36-31-16-8-9-17-33(31)40-37(30-14-6-3-7-15-30)32(36)26-41-19-20-42(34(43)27-41)21-23-45-24-25-47-35-18-10-11-22-46-35/h3,6-9,14-17,28-29,35H,2,4-5,10-13,18-27H2,1H3,(H,39,44)/t28-,35?/m0/s1. The van der Waals surface area contributed by atoms with Crippen LogP contribution in [0, 0.1) is 5.92 Å². The molecule has 0 spiro atoms. The number of fused-ring (bicyclic) bond motifs is 1. The smallest absolute Gasteiger partial charge is 0.252 e. The molecule has 3 aliphatic rings. The maximum absolute atomic E-state index is 14.3. The highest BCUT2D eigenvalue weighted by Crippen LogP contribution is 2.33. The lowest BCUT2D eigenvalue weighted by Crippen LogP contribution is -2.51. The summed E-state index contributed by atoms with van der Waals surface area (Å²) in [4.78, 5) is 36.8. The van der Waals surface area contributed by atoms with Gasteiger partial charge in [-0.25, -0.2) is 4.98 Å². The van der Waals surface area contributed by atoms with Gasteiger partial charge >= 0.3 is 0 Å². The molecule has 9 nitrogen and oxygen atoms in total. The van der Waals surface area contributed by atoms with Crippen LogP contribution in [0.25, 0.3) is 22.2 Å². The number of carbonyl (C=O) groups excluding carboxylic acids is 2. The predicted octanol–water partition coefficient (Wildman–Crippen LogP) is 5.80. The van der Waals surface area contributed by atoms with E-state index in [1.54, 1.807) is 0 Å². The Balaban J connectivity index is 1.15. The van der Waals surface area contributed by atoms with Crippen molar-refractivity contribution in [3.8, 4) is 11.3 Å². The van der Waals surface area contributed by atoms with Crippen LogP contribution in [-0.4, -0.2) is 91.5 Å². The summed E-state index contributed by atoms with van der Waals surface area (Å²) < 4.78 is 17.1. The van der Waals surface area contributed by atoms with Gasteiger partial charge in [0, 0.05) is 55.3 Å². The van der Waals surface area contributed by atoms with E-state index < -0.39 is 0 Å². The summed E-state index contributed by atoms with van der Waals surface area (Å²) in [5.74, 6) is 0.500. The first-order chi connectivity index (χ1) is 23.1. The monoisotopic (exact) mass is 642 g/mol. The lowest BCUT2D eigenvalue weighted by molar-refractivity contribution is -0.169. The maximum Gasteiger partial charge on any atom is 0.252 e. The van der Waals surface area contributed by atoms with Gasteiger partial charge in [0.05, 0.1) is 43.1 Å². The van der Waals surface area contributed by atoms with Crippen LogP contribution in [0.15, 0.2) is 54.6 Å². The molecule has 2 amide bonds. The number of nitrogens with one attached hydrogen (secondary N) is 1. The van der Waals surface area contributed by atoms with Crippen molar-refractivity contribution in [1.82, 2.24) is 20.1 Å². The second-order valence-corrected chi connectivity index (χ2v) is 13.2. The zero-order valence-corrected chi connectivity index (χ0v) is 27.8. The quantitative estimate of drug-likeness (QED) is 0.236. The summed E-state index contributed by atoms with van der Waals surface area (Å²) in [5, 5.41) is 4.24. The average molecular weight is 643 g/mol. The Kier molecular flexibility index (Phi) is 11.9. The molecule has 2 aromatic carbocycles. The number of ether oxygens (including phenoxy) is 3. The van der Waals surface area contributed by atoms with Crippen LogP contribution in [0.3, 0.4) is 0 Å². The Hall–Kier alpha value is -3.37. The van der Waals surface area contributed by atoms with Gasteiger partial charge in [0.1, 0.15) is 0 Å². The fourth-order valence-electron chi connectivity index (χ4n) is 7.24. The van der Waals surface area contributed by atoms with Gasteiger partial charge in [-0.3, -0.25) is 14.5 Å². The molecule has 1 aromatic heterocycles. The highest BCUT2D eigenvalue weighted by molar-refractivity contribution is 6.09. The molecule has 6 rings (SSSR count). The number of carbonyl (C=O) groups is 2. The fourth-order valence-corrected chi connectivity index (χ4v) is 7.24. The van der Waals surface area contributed by atoms with Gasteiger partial charge in [-0.1, -0.05) is 67.8 Å². The highest BCUT2D eigenvalue weighted by atomic mass is 16.7. The van der Waals surface area contributed by atoms with Gasteiger partial charge in [0.15, 0.2) is 6.29 Å². The van der Waals surface area contributed by atoms with Crippen LogP contribution in [0.1, 0.15) is 74.2 Å². The normalized spacial score (nSPS) is 20.4. The van der Waals surface area contributed by atoms with E-state index in [0.29, 0.717) is 57.5 Å². The van der Waals surface area contributed by atoms with Crippen molar-refractivity contribution < 1.29 is 23.8 Å². The predicted molar refractivity (Wildman–Crippen MR) is 183 cm³/mol. The number of piperazine rings is 1. The Morgan fingerprint density at radius 1 is 0.957 bits per heavy atom. The van der Waals surface area contributed by atoms with Gasteiger partial charge in [-0.15, -0.1) is 0 Å². The molecule has 3 aromatic rings. The van der Waals surface area contributed by atoms with Gasteiger partial charge in [0.25, 0.3) is 5.91 Å². The first-order valence-corrected chi connectivity index (χ1v) is 17.7. The van der Waals surface area contributed by atoms with Gasteiger partial charge in [-0.2, -0.15) is 0 Å². The summed E-state index contributed by atoms with van der Waals surface area (Å²) in [6, 6.07) is 18.1. The van der Waals surface area contributed by atoms with Crippen LogP contribution in [0.4, 0.5) is 0 Å². The molecule has 1 aliphatic carbocycles. The summed E-state index contributed by atoms with van der Waals surface area (Å²) in [7, 11) is 0. The molecule has 2 atom stereocenters. The zero-order chi connectivity index (χ0) is 32.4. The molecule has 9 heteroatoms. The molecule has 1 saturated carbocycles. The van der Waals surface area contributed by atoms with Crippen molar-refractivity contribution in [1.29, 1.82) is 0 Å². The van der Waals surface area contributed by atoms with Crippen molar-refractivity contribution in [2.24, 2.45) is 5.92 Å². The first-order valence-electron chi connectivity index (χ1n) is 17.7. The van der Waals surface area contributed by atoms with Crippen molar-refractivity contribution >= 4 is 22.7 Å². The molecule has 3 fully saturated rings. The van der Waals surface area contributed by atoms with Gasteiger partial charge < -0.3 is 24.4 Å². The minimum absolute atomic E-state index is 0.0602. The molecular formula is C38H50N4O5. The molecule has 0 radical (unpaired) electrons. The van der Waals surface area contributed by atoms with Crippen LogP contribution in [0.5, 0.6) is 0 Å². The van der Waals surface area contributed by atoms with Crippen molar-refractivity contribution in [2.45, 2.75) is 77.2 Å². The summed E-state index contributed by atoms with van der Waals surface area (Å²) >= 11 is 0. The SMILES string of the molecule is C[C@H](NC(=O)c1c(CN2CCN(CCOCCOC3CCCCO3)C(=O)C2)c(-c2ccccc2)nc2ccccc12)C1CCCCC1. The molecule has 1 N–H and O–H groups in total. The third-order valence-corrected chi connectivity index (χ3v) is 9.94. The molecule has 252 valence electrons. The van der Waals surface area contributed by atoms with E-state index in [4.69, 9.17) is 19.2 Å². The molecule has 1 unspecified atom stereocenters. The fraction of sp³-hybridized carbons (Fsp3) is 0.553. The number of para-hydroxylation sites is 1. The lowest BCUT2D eigenvalue weighted by atomic mass is 9.84. The molecule has 2 aliphatic heterocycles. The van der Waals surface area contributed by atoms with Gasteiger partial charge in [-0.05, 0) is 51.0 Å². The topological polar surface area (TPSA) is 93.2 Å². The van der Waals surface area contributed by atoms with E-state index in [0.717, 1.165) is 66.4 Å². The lowest BCUT2D eigenvalue weighted by Gasteiger charge is -2.35. The van der Waals surface area contributed by atoms with E-state index in [1.165, 1.54) is 19.3 Å². The van der Waals surface area contributed by atoms with E-state index in [2.05, 4.69) is 17.1 Å². The Morgan fingerprint density at radius 2 is 1.74 bits per heavy atom. The van der Waals surface area contributed by atoms with E-state index in [-0.39, 0.29) is 30.7 Å². The second-order valence-electron chi connectivity index (χ2n) is 13.2. The number of hydrogen-bond donors (Lipinski definition) is 1. The molecule has 0 bridgehead atoms. The van der Waals surface area contributed by atoms with Crippen LogP contribution >= 0.6 is 0 Å². The van der Waals surface area contributed by atoms with Crippen molar-refractivity contribution in [3.63, 3.8) is 0 Å². The minimum Gasteiger partial charge on any atom is -0.377 e. The number of amides is 2. The van der Waals surface area contributed by atoms with Crippen LogP contribution < -0.4 is 5.32 Å². The number of pyridine rings is 1. The van der Waals surface area contributed by atoms with E-state index in [1.807, 2.05) is 59.5 Å². The van der Waals surface area contributed by atoms with E-state index >= 15 is 0 Å². The summed E-state index contributed by atoms with van der Waals surface area (Å²) in [6.45, 7) is 6.95. The van der Waals surface area contributed by atoms with Crippen molar-refractivity contribution in [2.75, 3.05) is 52.6 Å². The number of hydrogen-bond acceptors (Lipinski definition) is 7. The third-order valence-electron chi connectivity index (χ3n) is 9.94. The Labute approximate surface area is 278 Å². The number of rotatable bonds is 13. The van der Waals surface area contributed by atoms with Crippen LogP contribution in [0.2, 0.25) is 0 Å². The summed E-state index contributed by atoms with van der Waals surface area (Å²) in [5.41, 5.74) is 4.09. The number of benzene rings is 2. The van der Waals surface area contributed by atoms with Crippen molar-refractivity contribution in [3.05, 3.63) is 65.7 Å². The van der Waals surface area contributed by atoms with Gasteiger partial charge in [0.2, 0.25) is 5.91 Å². The molecule has 2 saturated heterocycles. The average Bonchev–Trinajstić information content (AvgIpc) is 3.11. The number of nitrogens with zero attached hydrogens (tertiary/aromatic N) is 3. The Morgan fingerprint density at radius 3 is 2.53 bits per heavy atom. The van der Waals surface area contributed by atoms with Crippen LogP contribution in [-0.2, 0) is 25.5 Å². The highest BCUT2D eigenvalue weighted by Gasteiger charge is 2.29. The first kappa shape index (κ1) is 33.5. The molecule has 47 heavy (non-hydrogen) atoms.